The second kappa shape index (κ2) is 5.40. The normalized spacial score (nSPS) is 10.5. The highest BCUT2D eigenvalue weighted by Crippen LogP contribution is 2.27. The van der Waals surface area contributed by atoms with Crippen molar-refractivity contribution in [2.45, 2.75) is 13.5 Å². The number of esters is 1. The molecule has 2 rings (SSSR count). The van der Waals surface area contributed by atoms with E-state index < -0.39 is 11.8 Å². The van der Waals surface area contributed by atoms with Crippen LogP contribution < -0.4 is 0 Å². The van der Waals surface area contributed by atoms with E-state index in [0.29, 0.717) is 11.3 Å². The molecule has 0 radical (unpaired) electrons. The number of carbonyl (C=O) groups is 1. The van der Waals surface area contributed by atoms with Crippen molar-refractivity contribution in [1.82, 2.24) is 9.55 Å². The van der Waals surface area contributed by atoms with Crippen molar-refractivity contribution in [3.05, 3.63) is 41.1 Å². The number of benzene rings is 1. The number of nitrogens with zero attached hydrogens (tertiary/aromatic N) is 2. The van der Waals surface area contributed by atoms with Gasteiger partial charge >= 0.3 is 5.97 Å². The van der Waals surface area contributed by atoms with Gasteiger partial charge in [0.15, 0.2) is 5.82 Å². The molecule has 100 valence electrons. The standard InChI is InChI=1S/C13H12ClFN2O2/c1-3-17-6-11(16-7-17)8-4-9(13(18)19-2)12(15)10(14)5-8/h4-7H,3H2,1-2H3. The summed E-state index contributed by atoms with van der Waals surface area (Å²) in [6.45, 7) is 2.74. The number of hydrogen-bond donors (Lipinski definition) is 0. The van der Waals surface area contributed by atoms with Gasteiger partial charge in [0.05, 0.1) is 29.7 Å². The topological polar surface area (TPSA) is 44.1 Å². The molecule has 0 saturated carbocycles. The van der Waals surface area contributed by atoms with Crippen LogP contribution in [0.2, 0.25) is 5.02 Å². The Hall–Kier alpha value is -1.88. The van der Waals surface area contributed by atoms with Crippen molar-refractivity contribution in [2.75, 3.05) is 7.11 Å². The average Bonchev–Trinajstić information content (AvgIpc) is 2.89. The Morgan fingerprint density at radius 3 is 2.84 bits per heavy atom. The fraction of sp³-hybridized carbons (Fsp3) is 0.231. The number of aryl methyl sites for hydroxylation is 1. The largest absolute Gasteiger partial charge is 0.465 e. The zero-order valence-electron chi connectivity index (χ0n) is 10.5. The Bertz CT molecular complexity index is 625. The van der Waals surface area contributed by atoms with Crippen molar-refractivity contribution in [3.63, 3.8) is 0 Å². The Labute approximate surface area is 114 Å². The first-order chi connectivity index (χ1) is 9.06. The summed E-state index contributed by atoms with van der Waals surface area (Å²) in [4.78, 5) is 15.7. The number of halogens is 2. The SMILES string of the molecule is CCn1cnc(-c2cc(Cl)c(F)c(C(=O)OC)c2)c1. The molecule has 0 spiro atoms. The monoisotopic (exact) mass is 282 g/mol. The molecule has 0 aliphatic heterocycles. The van der Waals surface area contributed by atoms with Gasteiger partial charge in [-0.3, -0.25) is 0 Å². The lowest BCUT2D eigenvalue weighted by Gasteiger charge is -2.05. The highest BCUT2D eigenvalue weighted by molar-refractivity contribution is 6.31. The van der Waals surface area contributed by atoms with Gasteiger partial charge in [0.2, 0.25) is 0 Å². The van der Waals surface area contributed by atoms with Crippen molar-refractivity contribution < 1.29 is 13.9 Å². The minimum absolute atomic E-state index is 0.135. The van der Waals surface area contributed by atoms with Gasteiger partial charge in [0, 0.05) is 18.3 Å². The molecule has 0 saturated heterocycles. The van der Waals surface area contributed by atoms with Gasteiger partial charge in [0.25, 0.3) is 0 Å². The van der Waals surface area contributed by atoms with E-state index >= 15 is 0 Å². The lowest BCUT2D eigenvalue weighted by Crippen LogP contribution is -2.05. The maximum Gasteiger partial charge on any atom is 0.340 e. The predicted molar refractivity (Wildman–Crippen MR) is 69.6 cm³/mol. The van der Waals surface area contributed by atoms with E-state index in [1.807, 2.05) is 11.5 Å². The van der Waals surface area contributed by atoms with Crippen molar-refractivity contribution in [2.24, 2.45) is 0 Å². The summed E-state index contributed by atoms with van der Waals surface area (Å²) in [6, 6.07) is 2.82. The molecule has 0 amide bonds. The first-order valence-corrected chi connectivity index (χ1v) is 6.04. The third-order valence-corrected chi connectivity index (χ3v) is 3.00. The van der Waals surface area contributed by atoms with Crippen molar-refractivity contribution in [1.29, 1.82) is 0 Å². The van der Waals surface area contributed by atoms with Gasteiger partial charge in [-0.1, -0.05) is 11.6 Å². The van der Waals surface area contributed by atoms with Crippen LogP contribution in [-0.4, -0.2) is 22.6 Å². The lowest BCUT2D eigenvalue weighted by atomic mass is 10.1. The Kier molecular flexibility index (Phi) is 3.85. The Morgan fingerprint density at radius 2 is 2.26 bits per heavy atom. The number of aromatic nitrogens is 2. The van der Waals surface area contributed by atoms with Crippen LogP contribution in [-0.2, 0) is 11.3 Å². The molecule has 4 nitrogen and oxygen atoms in total. The molecule has 1 heterocycles. The fourth-order valence-corrected chi connectivity index (χ4v) is 1.90. The van der Waals surface area contributed by atoms with E-state index in [1.54, 1.807) is 12.5 Å². The van der Waals surface area contributed by atoms with E-state index in [1.165, 1.54) is 19.2 Å². The molecule has 1 aromatic carbocycles. The van der Waals surface area contributed by atoms with Crippen LogP contribution in [0, 0.1) is 5.82 Å². The highest BCUT2D eigenvalue weighted by Gasteiger charge is 2.18. The summed E-state index contributed by atoms with van der Waals surface area (Å²) < 4.78 is 20.1. The molecule has 2 aromatic rings. The van der Waals surface area contributed by atoms with E-state index in [9.17, 15) is 9.18 Å². The zero-order chi connectivity index (χ0) is 14.0. The average molecular weight is 283 g/mol. The van der Waals surface area contributed by atoms with Crippen LogP contribution in [0.5, 0.6) is 0 Å². The van der Waals surface area contributed by atoms with Crippen LogP contribution in [0.15, 0.2) is 24.7 Å². The summed E-state index contributed by atoms with van der Waals surface area (Å²) in [5, 5.41) is -0.135. The number of carbonyl (C=O) groups excluding carboxylic acids is 1. The van der Waals surface area contributed by atoms with Crippen LogP contribution in [0.25, 0.3) is 11.3 Å². The highest BCUT2D eigenvalue weighted by atomic mass is 35.5. The Morgan fingerprint density at radius 1 is 1.53 bits per heavy atom. The van der Waals surface area contributed by atoms with Gasteiger partial charge in [-0.25, -0.2) is 14.2 Å². The van der Waals surface area contributed by atoms with E-state index in [-0.39, 0.29) is 10.6 Å². The number of ether oxygens (including phenoxy) is 1. The van der Waals surface area contributed by atoms with Crippen LogP contribution in [0.4, 0.5) is 4.39 Å². The van der Waals surface area contributed by atoms with Gasteiger partial charge in [-0.2, -0.15) is 0 Å². The zero-order valence-corrected chi connectivity index (χ0v) is 11.2. The van der Waals surface area contributed by atoms with Gasteiger partial charge in [0.1, 0.15) is 0 Å². The van der Waals surface area contributed by atoms with Crippen molar-refractivity contribution >= 4 is 17.6 Å². The number of hydrogen-bond acceptors (Lipinski definition) is 3. The molecule has 0 unspecified atom stereocenters. The van der Waals surface area contributed by atoms with Crippen LogP contribution >= 0.6 is 11.6 Å². The molecule has 0 bridgehead atoms. The first kappa shape index (κ1) is 13.5. The molecule has 0 N–H and O–H groups in total. The third-order valence-electron chi connectivity index (χ3n) is 2.73. The van der Waals surface area contributed by atoms with Crippen LogP contribution in [0.1, 0.15) is 17.3 Å². The second-order valence-corrected chi connectivity index (χ2v) is 4.31. The van der Waals surface area contributed by atoms with Gasteiger partial charge in [-0.15, -0.1) is 0 Å². The predicted octanol–water partition coefficient (Wildman–Crippen LogP) is 3.15. The maximum atomic E-state index is 13.7. The van der Waals surface area contributed by atoms with Gasteiger partial charge < -0.3 is 9.30 Å². The number of imidazole rings is 1. The fourth-order valence-electron chi connectivity index (χ4n) is 1.68. The number of methoxy groups -OCH3 is 1. The molecular weight excluding hydrogens is 271 g/mol. The molecule has 0 aliphatic carbocycles. The molecule has 0 atom stereocenters. The van der Waals surface area contributed by atoms with Crippen molar-refractivity contribution in [3.8, 4) is 11.3 Å². The molecule has 0 fully saturated rings. The third kappa shape index (κ3) is 2.61. The molecule has 19 heavy (non-hydrogen) atoms. The molecular formula is C13H12ClFN2O2. The first-order valence-electron chi connectivity index (χ1n) is 5.66. The Balaban J connectivity index is 2.52. The second-order valence-electron chi connectivity index (χ2n) is 3.90. The van der Waals surface area contributed by atoms with E-state index in [4.69, 9.17) is 11.6 Å². The maximum absolute atomic E-state index is 13.7. The lowest BCUT2D eigenvalue weighted by molar-refractivity contribution is 0.0595. The quantitative estimate of drug-likeness (QED) is 0.812. The van der Waals surface area contributed by atoms with E-state index in [0.717, 1.165) is 6.54 Å². The summed E-state index contributed by atoms with van der Waals surface area (Å²) in [5.74, 6) is -1.55. The van der Waals surface area contributed by atoms with Gasteiger partial charge in [-0.05, 0) is 19.1 Å². The summed E-state index contributed by atoms with van der Waals surface area (Å²) in [6.07, 6.45) is 3.45. The smallest absolute Gasteiger partial charge is 0.340 e. The number of rotatable bonds is 3. The minimum Gasteiger partial charge on any atom is -0.465 e. The van der Waals surface area contributed by atoms with E-state index in [2.05, 4.69) is 9.72 Å². The summed E-state index contributed by atoms with van der Waals surface area (Å²) in [7, 11) is 1.19. The van der Waals surface area contributed by atoms with Crippen LogP contribution in [0.3, 0.4) is 0 Å². The molecule has 6 heteroatoms. The summed E-state index contributed by atoms with van der Waals surface area (Å²) >= 11 is 5.79. The molecule has 0 aliphatic rings. The minimum atomic E-state index is -0.785. The molecule has 1 aromatic heterocycles. The summed E-state index contributed by atoms with van der Waals surface area (Å²) in [5.41, 5.74) is 0.990.